The normalized spacial score (nSPS) is 17.4. The molecule has 0 aromatic heterocycles. The lowest BCUT2D eigenvalue weighted by Gasteiger charge is -2.11. The highest BCUT2D eigenvalue weighted by molar-refractivity contribution is 5.73. The number of halogens is 3. The van der Waals surface area contributed by atoms with Crippen LogP contribution in [0.5, 0.6) is 0 Å². The number of amides is 2. The number of hydrogen-bond donors (Lipinski definition) is 2. The molecule has 0 saturated heterocycles. The maximum atomic E-state index is 11.7. The summed E-state index contributed by atoms with van der Waals surface area (Å²) in [5.74, 6) is 0.628. The number of carbonyl (C=O) groups is 1. The van der Waals surface area contributed by atoms with E-state index < -0.39 is 18.8 Å². The summed E-state index contributed by atoms with van der Waals surface area (Å²) >= 11 is 0. The Labute approximate surface area is 92.8 Å². The molecule has 16 heavy (non-hydrogen) atoms. The van der Waals surface area contributed by atoms with E-state index in [2.05, 4.69) is 5.32 Å². The van der Waals surface area contributed by atoms with E-state index in [1.807, 2.05) is 0 Å². The Morgan fingerprint density at radius 1 is 1.19 bits per heavy atom. The first-order valence-electron chi connectivity index (χ1n) is 5.56. The largest absolute Gasteiger partial charge is 0.405 e. The van der Waals surface area contributed by atoms with E-state index in [1.54, 1.807) is 5.32 Å². The van der Waals surface area contributed by atoms with Crippen molar-refractivity contribution in [3.63, 3.8) is 0 Å². The summed E-state index contributed by atoms with van der Waals surface area (Å²) in [7, 11) is 0. The lowest BCUT2D eigenvalue weighted by atomic mass is 10.0. The van der Waals surface area contributed by atoms with Crippen molar-refractivity contribution in [1.29, 1.82) is 0 Å². The van der Waals surface area contributed by atoms with Crippen LogP contribution in [0, 0.1) is 5.92 Å². The fourth-order valence-corrected chi connectivity index (χ4v) is 1.93. The molecule has 1 aliphatic carbocycles. The second kappa shape index (κ2) is 5.96. The molecule has 1 rings (SSSR count). The second-order valence-corrected chi connectivity index (χ2v) is 4.16. The van der Waals surface area contributed by atoms with E-state index in [4.69, 9.17) is 0 Å². The molecule has 0 bridgehead atoms. The minimum absolute atomic E-state index is 0.453. The Bertz CT molecular complexity index is 225. The van der Waals surface area contributed by atoms with Crippen molar-refractivity contribution in [3.8, 4) is 0 Å². The van der Waals surface area contributed by atoms with Crippen LogP contribution in [-0.4, -0.2) is 25.3 Å². The van der Waals surface area contributed by atoms with Crippen LogP contribution in [0.4, 0.5) is 18.0 Å². The van der Waals surface area contributed by atoms with Crippen LogP contribution in [0.15, 0.2) is 0 Å². The summed E-state index contributed by atoms with van der Waals surface area (Å²) in [4.78, 5) is 10.9. The van der Waals surface area contributed by atoms with Crippen LogP contribution < -0.4 is 10.6 Å². The monoisotopic (exact) mass is 238 g/mol. The van der Waals surface area contributed by atoms with Gasteiger partial charge in [0.15, 0.2) is 0 Å². The molecule has 3 nitrogen and oxygen atoms in total. The van der Waals surface area contributed by atoms with E-state index in [0.717, 1.165) is 6.42 Å². The van der Waals surface area contributed by atoms with Crippen LogP contribution in [0.1, 0.15) is 32.1 Å². The highest BCUT2D eigenvalue weighted by atomic mass is 19.4. The Morgan fingerprint density at radius 3 is 2.38 bits per heavy atom. The van der Waals surface area contributed by atoms with Gasteiger partial charge in [0.2, 0.25) is 0 Å². The van der Waals surface area contributed by atoms with E-state index in [-0.39, 0.29) is 0 Å². The van der Waals surface area contributed by atoms with Crippen molar-refractivity contribution in [2.75, 3.05) is 13.1 Å². The van der Waals surface area contributed by atoms with E-state index >= 15 is 0 Å². The van der Waals surface area contributed by atoms with E-state index in [1.165, 1.54) is 25.7 Å². The van der Waals surface area contributed by atoms with Gasteiger partial charge in [-0.05, 0) is 12.3 Å². The third-order valence-corrected chi connectivity index (χ3v) is 2.76. The third kappa shape index (κ3) is 5.82. The topological polar surface area (TPSA) is 41.1 Å². The average Bonchev–Trinajstić information content (AvgIpc) is 2.66. The molecule has 2 N–H and O–H groups in total. The minimum atomic E-state index is -4.34. The van der Waals surface area contributed by atoms with Crippen molar-refractivity contribution in [2.24, 2.45) is 5.92 Å². The molecule has 1 aliphatic rings. The van der Waals surface area contributed by atoms with Crippen molar-refractivity contribution in [3.05, 3.63) is 0 Å². The van der Waals surface area contributed by atoms with Gasteiger partial charge in [-0.15, -0.1) is 0 Å². The Morgan fingerprint density at radius 2 is 1.81 bits per heavy atom. The van der Waals surface area contributed by atoms with Crippen LogP contribution in [0.25, 0.3) is 0 Å². The number of hydrogen-bond acceptors (Lipinski definition) is 1. The van der Waals surface area contributed by atoms with E-state index in [9.17, 15) is 18.0 Å². The van der Waals surface area contributed by atoms with Crippen molar-refractivity contribution < 1.29 is 18.0 Å². The zero-order valence-corrected chi connectivity index (χ0v) is 9.07. The van der Waals surface area contributed by atoms with Crippen LogP contribution in [-0.2, 0) is 0 Å². The molecule has 0 unspecified atom stereocenters. The lowest BCUT2D eigenvalue weighted by molar-refractivity contribution is -0.122. The van der Waals surface area contributed by atoms with Crippen molar-refractivity contribution in [1.82, 2.24) is 10.6 Å². The first-order chi connectivity index (χ1) is 7.47. The van der Waals surface area contributed by atoms with Crippen LogP contribution in [0.3, 0.4) is 0 Å². The first-order valence-corrected chi connectivity index (χ1v) is 5.56. The van der Waals surface area contributed by atoms with Gasteiger partial charge in [-0.1, -0.05) is 25.7 Å². The molecule has 0 aliphatic heterocycles. The highest BCUT2D eigenvalue weighted by Gasteiger charge is 2.27. The van der Waals surface area contributed by atoms with Crippen molar-refractivity contribution in [2.45, 2.75) is 38.3 Å². The quantitative estimate of drug-likeness (QED) is 0.776. The molecule has 0 heterocycles. The van der Waals surface area contributed by atoms with Gasteiger partial charge in [0, 0.05) is 6.54 Å². The molecule has 0 atom stereocenters. The standard InChI is InChI=1S/C10H17F3N2O/c11-10(12,13)7-15-9(16)14-6-5-8-3-1-2-4-8/h8H,1-7H2,(H2,14,15,16). The van der Waals surface area contributed by atoms with Crippen LogP contribution in [0.2, 0.25) is 0 Å². The molecule has 1 fully saturated rings. The molecular weight excluding hydrogens is 221 g/mol. The molecule has 0 aromatic rings. The minimum Gasteiger partial charge on any atom is -0.338 e. The molecule has 94 valence electrons. The smallest absolute Gasteiger partial charge is 0.338 e. The molecular formula is C10H17F3N2O. The number of alkyl halides is 3. The summed E-state index contributed by atoms with van der Waals surface area (Å²) < 4.78 is 35.2. The molecule has 0 radical (unpaired) electrons. The molecule has 0 spiro atoms. The predicted octanol–water partition coefficient (Wildman–Crippen LogP) is 2.43. The predicted molar refractivity (Wildman–Crippen MR) is 54.0 cm³/mol. The van der Waals surface area contributed by atoms with Gasteiger partial charge in [0.25, 0.3) is 0 Å². The summed E-state index contributed by atoms with van der Waals surface area (Å²) in [6.45, 7) is -0.823. The van der Waals surface area contributed by atoms with Crippen molar-refractivity contribution >= 4 is 6.03 Å². The first kappa shape index (κ1) is 13.1. The maximum Gasteiger partial charge on any atom is 0.405 e. The number of nitrogens with one attached hydrogen (secondary N) is 2. The zero-order chi connectivity index (χ0) is 12.0. The van der Waals surface area contributed by atoms with Gasteiger partial charge in [0.05, 0.1) is 0 Å². The summed E-state index contributed by atoms with van der Waals surface area (Å²) in [6.07, 6.45) is 1.32. The zero-order valence-electron chi connectivity index (χ0n) is 9.07. The van der Waals surface area contributed by atoms with Gasteiger partial charge < -0.3 is 10.6 Å². The van der Waals surface area contributed by atoms with Gasteiger partial charge >= 0.3 is 12.2 Å². The average molecular weight is 238 g/mol. The van der Waals surface area contributed by atoms with Gasteiger partial charge in [-0.25, -0.2) is 4.79 Å². The number of urea groups is 1. The summed E-state index contributed by atoms with van der Waals surface area (Å²) in [6, 6.07) is -0.740. The Balaban J connectivity index is 2.01. The molecule has 6 heteroatoms. The van der Waals surface area contributed by atoms with Gasteiger partial charge in [0.1, 0.15) is 6.54 Å². The third-order valence-electron chi connectivity index (χ3n) is 2.76. The Hall–Kier alpha value is -0.940. The second-order valence-electron chi connectivity index (χ2n) is 4.16. The molecule has 0 aromatic carbocycles. The number of carbonyl (C=O) groups excluding carboxylic acids is 1. The highest BCUT2D eigenvalue weighted by Crippen LogP contribution is 2.26. The summed E-state index contributed by atoms with van der Waals surface area (Å²) in [5, 5.41) is 4.21. The Kier molecular flexibility index (Phi) is 4.89. The van der Waals surface area contributed by atoms with Gasteiger partial charge in [-0.2, -0.15) is 13.2 Å². The molecule has 1 saturated carbocycles. The van der Waals surface area contributed by atoms with E-state index in [0.29, 0.717) is 12.5 Å². The lowest BCUT2D eigenvalue weighted by Crippen LogP contribution is -2.41. The van der Waals surface area contributed by atoms with Crippen LogP contribution >= 0.6 is 0 Å². The van der Waals surface area contributed by atoms with Gasteiger partial charge in [-0.3, -0.25) is 0 Å². The SMILES string of the molecule is O=C(NCCC1CCCC1)NCC(F)(F)F. The summed E-state index contributed by atoms with van der Waals surface area (Å²) in [5.41, 5.74) is 0. The molecule has 2 amide bonds. The fraction of sp³-hybridized carbons (Fsp3) is 0.900. The number of rotatable bonds is 4. The maximum absolute atomic E-state index is 11.7. The fourth-order valence-electron chi connectivity index (χ4n) is 1.93.